The van der Waals surface area contributed by atoms with Crippen LogP contribution in [-0.2, 0) is 14.4 Å². The molecule has 2 atom stereocenters. The lowest BCUT2D eigenvalue weighted by atomic mass is 10.1. The maximum Gasteiger partial charge on any atom is 0.331 e. The number of nitrogens with one attached hydrogen (secondary N) is 1. The lowest BCUT2D eigenvalue weighted by molar-refractivity contribution is -0.149. The average molecular weight is 276 g/mol. The van der Waals surface area contributed by atoms with Crippen LogP contribution in [0, 0.1) is 0 Å². The number of carbonyl (C=O) groups excluding carboxylic acids is 2. The second-order valence-electron chi connectivity index (χ2n) is 4.72. The molecule has 2 amide bonds. The van der Waals surface area contributed by atoms with Crippen molar-refractivity contribution in [2.45, 2.75) is 25.4 Å². The number of rotatable bonds is 4. The minimum absolute atomic E-state index is 0.295. The highest BCUT2D eigenvalue weighted by atomic mass is 16.4. The Bertz CT molecular complexity index is 529. The van der Waals surface area contributed by atoms with Crippen LogP contribution in [0.4, 0.5) is 0 Å². The molecule has 0 radical (unpaired) electrons. The van der Waals surface area contributed by atoms with Gasteiger partial charge >= 0.3 is 5.97 Å². The van der Waals surface area contributed by atoms with Crippen molar-refractivity contribution < 1.29 is 19.5 Å². The summed E-state index contributed by atoms with van der Waals surface area (Å²) in [5.41, 5.74) is 0.553. The summed E-state index contributed by atoms with van der Waals surface area (Å²) < 4.78 is 0. The van der Waals surface area contributed by atoms with Gasteiger partial charge in [-0.25, -0.2) is 4.79 Å². The van der Waals surface area contributed by atoms with Gasteiger partial charge in [-0.05, 0) is 12.0 Å². The molecular weight excluding hydrogens is 260 g/mol. The van der Waals surface area contributed by atoms with Crippen molar-refractivity contribution in [2.24, 2.45) is 0 Å². The Morgan fingerprint density at radius 1 is 1.35 bits per heavy atom. The quantitative estimate of drug-likeness (QED) is 0.840. The second-order valence-corrected chi connectivity index (χ2v) is 4.72. The van der Waals surface area contributed by atoms with Crippen molar-refractivity contribution in [3.05, 3.63) is 35.9 Å². The maximum atomic E-state index is 12.2. The number of carboxylic acids is 1. The van der Waals surface area contributed by atoms with Gasteiger partial charge in [0.2, 0.25) is 11.8 Å². The molecule has 6 nitrogen and oxygen atoms in total. The second kappa shape index (κ2) is 5.73. The zero-order chi connectivity index (χ0) is 14.7. The lowest BCUT2D eigenvalue weighted by Gasteiger charge is -2.25. The summed E-state index contributed by atoms with van der Waals surface area (Å²) in [4.78, 5) is 36.0. The van der Waals surface area contributed by atoms with Crippen molar-refractivity contribution in [3.63, 3.8) is 0 Å². The van der Waals surface area contributed by atoms with Gasteiger partial charge in [-0.3, -0.25) is 9.59 Å². The molecule has 2 rings (SSSR count). The third-order valence-electron chi connectivity index (χ3n) is 3.28. The number of aliphatic carboxylic acids is 1. The monoisotopic (exact) mass is 276 g/mol. The van der Waals surface area contributed by atoms with E-state index in [0.717, 1.165) is 0 Å². The lowest BCUT2D eigenvalue weighted by Crippen LogP contribution is -2.43. The summed E-state index contributed by atoms with van der Waals surface area (Å²) in [5.74, 6) is -1.72. The van der Waals surface area contributed by atoms with Crippen LogP contribution in [0.1, 0.15) is 24.9 Å². The number of hydrogen-bond acceptors (Lipinski definition) is 3. The first-order valence-corrected chi connectivity index (χ1v) is 6.36. The van der Waals surface area contributed by atoms with E-state index in [0.29, 0.717) is 18.5 Å². The first-order valence-electron chi connectivity index (χ1n) is 6.36. The predicted molar refractivity (Wildman–Crippen MR) is 70.8 cm³/mol. The molecule has 1 aliphatic rings. The normalized spacial score (nSPS) is 19.8. The average Bonchev–Trinajstić information content (AvgIpc) is 2.72. The Labute approximate surface area is 116 Å². The number of hydrogen-bond donors (Lipinski definition) is 2. The standard InChI is InChI=1S/C14H16N2O4/c1-9(17)15-11-7-8-16(13(11)18)12(14(19)20)10-5-3-2-4-6-10/h2-6,11-12H,7-8H2,1H3,(H,15,17)(H,19,20). The van der Waals surface area contributed by atoms with Crippen LogP contribution in [0.25, 0.3) is 0 Å². The zero-order valence-electron chi connectivity index (χ0n) is 11.1. The Morgan fingerprint density at radius 2 is 2.00 bits per heavy atom. The number of benzene rings is 1. The largest absolute Gasteiger partial charge is 0.479 e. The first kappa shape index (κ1) is 14.0. The summed E-state index contributed by atoms with van der Waals surface area (Å²) in [6, 6.07) is 6.97. The zero-order valence-corrected chi connectivity index (χ0v) is 11.1. The van der Waals surface area contributed by atoms with E-state index in [2.05, 4.69) is 5.32 Å². The molecule has 1 aromatic rings. The Hall–Kier alpha value is -2.37. The van der Waals surface area contributed by atoms with Crippen molar-refractivity contribution in [3.8, 4) is 0 Å². The molecule has 2 N–H and O–H groups in total. The molecule has 1 aromatic carbocycles. The van der Waals surface area contributed by atoms with Crippen LogP contribution in [0.15, 0.2) is 30.3 Å². The van der Waals surface area contributed by atoms with E-state index in [1.165, 1.54) is 11.8 Å². The molecule has 0 spiro atoms. The molecule has 2 unspecified atom stereocenters. The fourth-order valence-electron chi connectivity index (χ4n) is 2.43. The minimum atomic E-state index is -1.08. The van der Waals surface area contributed by atoms with Crippen molar-refractivity contribution in [1.29, 1.82) is 0 Å². The smallest absolute Gasteiger partial charge is 0.331 e. The van der Waals surface area contributed by atoms with Gasteiger partial charge < -0.3 is 15.3 Å². The number of amides is 2. The van der Waals surface area contributed by atoms with E-state index < -0.39 is 18.1 Å². The SMILES string of the molecule is CC(=O)NC1CCN(C(C(=O)O)c2ccccc2)C1=O. The molecular formula is C14H16N2O4. The highest BCUT2D eigenvalue weighted by Gasteiger charge is 2.39. The molecule has 0 bridgehead atoms. The topological polar surface area (TPSA) is 86.7 Å². The van der Waals surface area contributed by atoms with E-state index in [4.69, 9.17) is 0 Å². The molecule has 0 aromatic heterocycles. The number of likely N-dealkylation sites (tertiary alicyclic amines) is 1. The van der Waals surface area contributed by atoms with E-state index in [1.807, 2.05) is 0 Å². The van der Waals surface area contributed by atoms with E-state index in [1.54, 1.807) is 30.3 Å². The number of nitrogens with zero attached hydrogens (tertiary/aromatic N) is 1. The summed E-state index contributed by atoms with van der Waals surface area (Å²) >= 11 is 0. The molecule has 6 heteroatoms. The van der Waals surface area contributed by atoms with Crippen LogP contribution in [0.3, 0.4) is 0 Å². The van der Waals surface area contributed by atoms with Crippen LogP contribution >= 0.6 is 0 Å². The molecule has 1 heterocycles. The third-order valence-corrected chi connectivity index (χ3v) is 3.28. The Balaban J connectivity index is 2.22. The molecule has 1 saturated heterocycles. The van der Waals surface area contributed by atoms with Gasteiger partial charge in [0, 0.05) is 13.5 Å². The number of carbonyl (C=O) groups is 3. The van der Waals surface area contributed by atoms with Gasteiger partial charge in [-0.1, -0.05) is 30.3 Å². The minimum Gasteiger partial charge on any atom is -0.479 e. The Kier molecular flexibility index (Phi) is 4.02. The molecule has 1 aliphatic heterocycles. The molecule has 0 saturated carbocycles. The first-order chi connectivity index (χ1) is 9.50. The van der Waals surface area contributed by atoms with Crippen LogP contribution in [0.2, 0.25) is 0 Å². The van der Waals surface area contributed by atoms with Gasteiger partial charge in [0.25, 0.3) is 0 Å². The summed E-state index contributed by atoms with van der Waals surface area (Å²) in [6.45, 7) is 1.65. The van der Waals surface area contributed by atoms with Crippen LogP contribution in [0.5, 0.6) is 0 Å². The van der Waals surface area contributed by atoms with E-state index >= 15 is 0 Å². The maximum absolute atomic E-state index is 12.2. The van der Waals surface area contributed by atoms with Gasteiger partial charge in [-0.2, -0.15) is 0 Å². The Morgan fingerprint density at radius 3 is 2.55 bits per heavy atom. The molecule has 0 aliphatic carbocycles. The summed E-state index contributed by atoms with van der Waals surface area (Å²) in [6.07, 6.45) is 0.426. The summed E-state index contributed by atoms with van der Waals surface area (Å²) in [7, 11) is 0. The van der Waals surface area contributed by atoms with E-state index in [-0.39, 0.29) is 11.8 Å². The highest BCUT2D eigenvalue weighted by Crippen LogP contribution is 2.26. The fourth-order valence-corrected chi connectivity index (χ4v) is 2.43. The van der Waals surface area contributed by atoms with Crippen LogP contribution in [-0.4, -0.2) is 40.4 Å². The number of carboxylic acid groups (broad SMARTS) is 1. The fraction of sp³-hybridized carbons (Fsp3) is 0.357. The van der Waals surface area contributed by atoms with Gasteiger partial charge in [0.15, 0.2) is 6.04 Å². The van der Waals surface area contributed by atoms with Gasteiger partial charge in [0.05, 0.1) is 0 Å². The van der Waals surface area contributed by atoms with Gasteiger partial charge in [-0.15, -0.1) is 0 Å². The molecule has 20 heavy (non-hydrogen) atoms. The van der Waals surface area contributed by atoms with E-state index in [9.17, 15) is 19.5 Å². The molecule has 1 fully saturated rings. The predicted octanol–water partition coefficient (Wildman–Crippen LogP) is 0.549. The van der Waals surface area contributed by atoms with Crippen molar-refractivity contribution >= 4 is 17.8 Å². The third kappa shape index (κ3) is 2.79. The van der Waals surface area contributed by atoms with Crippen molar-refractivity contribution in [1.82, 2.24) is 10.2 Å². The van der Waals surface area contributed by atoms with Crippen LogP contribution < -0.4 is 5.32 Å². The molecule has 106 valence electrons. The highest BCUT2D eigenvalue weighted by molar-refractivity contribution is 5.92. The van der Waals surface area contributed by atoms with Crippen molar-refractivity contribution in [2.75, 3.05) is 6.54 Å². The van der Waals surface area contributed by atoms with Gasteiger partial charge in [0.1, 0.15) is 6.04 Å². The summed E-state index contributed by atoms with van der Waals surface area (Å²) in [5, 5.41) is 11.9.